The molecule has 3 rings (SSSR count). The van der Waals surface area contributed by atoms with E-state index in [0.29, 0.717) is 0 Å². The van der Waals surface area contributed by atoms with E-state index < -0.39 is 0 Å². The van der Waals surface area contributed by atoms with E-state index in [1.807, 2.05) is 11.3 Å². The molecule has 1 nitrogen and oxygen atoms in total. The van der Waals surface area contributed by atoms with Gasteiger partial charge in [-0.25, -0.2) is 0 Å². The molecule has 0 aromatic carbocycles. The molecular formula is C12H15NS. The van der Waals surface area contributed by atoms with Crippen molar-refractivity contribution in [3.8, 4) is 0 Å². The summed E-state index contributed by atoms with van der Waals surface area (Å²) in [6.07, 6.45) is 8.43. The molecule has 2 aliphatic rings. The van der Waals surface area contributed by atoms with Gasteiger partial charge in [-0.3, -0.25) is 0 Å². The van der Waals surface area contributed by atoms with Crippen LogP contribution in [0.4, 0.5) is 0 Å². The van der Waals surface area contributed by atoms with Gasteiger partial charge in [0.25, 0.3) is 0 Å². The predicted molar refractivity (Wildman–Crippen MR) is 61.7 cm³/mol. The number of hydrogen-bond donors (Lipinski definition) is 0. The molecule has 0 atom stereocenters. The largest absolute Gasteiger partial charge is 0.301 e. The van der Waals surface area contributed by atoms with Gasteiger partial charge in [0.15, 0.2) is 0 Å². The van der Waals surface area contributed by atoms with E-state index in [4.69, 9.17) is 0 Å². The molecule has 74 valence electrons. The lowest BCUT2D eigenvalue weighted by Gasteiger charge is -2.22. The number of likely N-dealkylation sites (N-methyl/N-ethyl adjacent to an activating group) is 1. The number of fused-ring (bicyclic) bond motifs is 3. The molecule has 0 spiro atoms. The van der Waals surface area contributed by atoms with Gasteiger partial charge < -0.3 is 4.90 Å². The van der Waals surface area contributed by atoms with E-state index in [-0.39, 0.29) is 0 Å². The molecule has 1 aliphatic heterocycles. The van der Waals surface area contributed by atoms with E-state index in [2.05, 4.69) is 24.1 Å². The minimum absolute atomic E-state index is 1.17. The second-order valence-corrected chi connectivity index (χ2v) is 5.41. The maximum atomic E-state index is 2.42. The molecule has 1 aliphatic carbocycles. The monoisotopic (exact) mass is 205 g/mol. The van der Waals surface area contributed by atoms with Crippen LogP contribution in [0.3, 0.4) is 0 Å². The second-order valence-electron chi connectivity index (χ2n) is 4.28. The van der Waals surface area contributed by atoms with Crippen molar-refractivity contribution in [2.75, 3.05) is 13.6 Å². The lowest BCUT2D eigenvalue weighted by Crippen LogP contribution is -2.25. The van der Waals surface area contributed by atoms with E-state index in [1.165, 1.54) is 37.2 Å². The van der Waals surface area contributed by atoms with Crippen LogP contribution in [0.15, 0.2) is 6.08 Å². The van der Waals surface area contributed by atoms with Crippen LogP contribution in [-0.4, -0.2) is 18.5 Å². The molecule has 0 saturated heterocycles. The quantitative estimate of drug-likeness (QED) is 0.629. The van der Waals surface area contributed by atoms with Crippen LogP contribution < -0.4 is 0 Å². The molecule has 2 heterocycles. The molecule has 14 heavy (non-hydrogen) atoms. The van der Waals surface area contributed by atoms with Crippen LogP contribution in [0.1, 0.15) is 27.3 Å². The van der Waals surface area contributed by atoms with Crippen LogP contribution in [0, 0.1) is 0 Å². The Hall–Kier alpha value is -0.600. The van der Waals surface area contributed by atoms with Gasteiger partial charge >= 0.3 is 0 Å². The number of hydrogen-bond acceptors (Lipinski definition) is 2. The van der Waals surface area contributed by atoms with Gasteiger partial charge in [-0.2, -0.15) is 0 Å². The average molecular weight is 205 g/mol. The maximum Gasteiger partial charge on any atom is 0.0328 e. The highest BCUT2D eigenvalue weighted by atomic mass is 32.1. The zero-order valence-corrected chi connectivity index (χ0v) is 9.36. The molecule has 1 aromatic rings. The lowest BCUT2D eigenvalue weighted by atomic mass is 9.96. The van der Waals surface area contributed by atoms with Crippen molar-refractivity contribution in [1.29, 1.82) is 0 Å². The highest BCUT2D eigenvalue weighted by Crippen LogP contribution is 2.36. The molecule has 0 bridgehead atoms. The van der Waals surface area contributed by atoms with Crippen LogP contribution >= 0.6 is 11.3 Å². The SMILES string of the molecule is CN1CCc2c(sc3c2CCC=C3)C1. The first-order valence-corrected chi connectivity index (χ1v) is 6.15. The number of rotatable bonds is 0. The summed E-state index contributed by atoms with van der Waals surface area (Å²) in [5.74, 6) is 0. The smallest absolute Gasteiger partial charge is 0.0328 e. The van der Waals surface area contributed by atoms with Crippen LogP contribution in [0.2, 0.25) is 0 Å². The van der Waals surface area contributed by atoms with Crippen LogP contribution in [-0.2, 0) is 19.4 Å². The molecule has 0 saturated carbocycles. The minimum atomic E-state index is 1.17. The van der Waals surface area contributed by atoms with E-state index in [1.54, 1.807) is 16.0 Å². The van der Waals surface area contributed by atoms with Crippen molar-refractivity contribution in [3.05, 3.63) is 27.0 Å². The van der Waals surface area contributed by atoms with Crippen LogP contribution in [0.25, 0.3) is 6.08 Å². The zero-order valence-electron chi connectivity index (χ0n) is 8.55. The number of nitrogens with zero attached hydrogens (tertiary/aromatic N) is 1. The molecule has 0 unspecified atom stereocenters. The molecule has 0 fully saturated rings. The fourth-order valence-electron chi connectivity index (χ4n) is 2.44. The summed E-state index contributed by atoms with van der Waals surface area (Å²) in [6, 6.07) is 0. The fraction of sp³-hybridized carbons (Fsp3) is 0.500. The minimum Gasteiger partial charge on any atom is -0.301 e. The Kier molecular flexibility index (Phi) is 1.99. The lowest BCUT2D eigenvalue weighted by molar-refractivity contribution is 0.316. The fourth-order valence-corrected chi connectivity index (χ4v) is 3.86. The Morgan fingerprint density at radius 1 is 1.29 bits per heavy atom. The van der Waals surface area contributed by atoms with Gasteiger partial charge in [0.1, 0.15) is 0 Å². The second kappa shape index (κ2) is 3.21. The third-order valence-electron chi connectivity index (χ3n) is 3.22. The summed E-state index contributed by atoms with van der Waals surface area (Å²) in [5.41, 5.74) is 3.35. The van der Waals surface area contributed by atoms with E-state index in [9.17, 15) is 0 Å². The van der Waals surface area contributed by atoms with Gasteiger partial charge in [0.05, 0.1) is 0 Å². The van der Waals surface area contributed by atoms with Crippen molar-refractivity contribution in [3.63, 3.8) is 0 Å². The summed E-state index contributed by atoms with van der Waals surface area (Å²) < 4.78 is 0. The molecular weight excluding hydrogens is 190 g/mol. The molecule has 1 aromatic heterocycles. The summed E-state index contributed by atoms with van der Waals surface area (Å²) in [7, 11) is 2.22. The average Bonchev–Trinajstić information content (AvgIpc) is 2.54. The summed E-state index contributed by atoms with van der Waals surface area (Å²) in [5, 5.41) is 0. The van der Waals surface area contributed by atoms with Gasteiger partial charge in [-0.15, -0.1) is 11.3 Å². The standard InChI is InChI=1S/C12H15NS/c1-13-7-6-10-9-4-2-3-5-11(9)14-12(10)8-13/h3,5H,2,4,6-8H2,1H3. The highest BCUT2D eigenvalue weighted by Gasteiger charge is 2.22. The molecule has 0 radical (unpaired) electrons. The summed E-state index contributed by atoms with van der Waals surface area (Å²) >= 11 is 2.01. The van der Waals surface area contributed by atoms with Crippen molar-refractivity contribution in [1.82, 2.24) is 4.90 Å². The molecule has 0 amide bonds. The highest BCUT2D eigenvalue weighted by molar-refractivity contribution is 7.13. The van der Waals surface area contributed by atoms with Gasteiger partial charge in [0.2, 0.25) is 0 Å². The van der Waals surface area contributed by atoms with E-state index in [0.717, 1.165) is 0 Å². The molecule has 2 heteroatoms. The third-order valence-corrected chi connectivity index (χ3v) is 4.44. The summed E-state index contributed by atoms with van der Waals surface area (Å²) in [6.45, 7) is 2.40. The first kappa shape index (κ1) is 8.69. The van der Waals surface area contributed by atoms with E-state index >= 15 is 0 Å². The first-order valence-electron chi connectivity index (χ1n) is 5.33. The zero-order chi connectivity index (χ0) is 9.54. The predicted octanol–water partition coefficient (Wildman–Crippen LogP) is 2.70. The van der Waals surface area contributed by atoms with Crippen molar-refractivity contribution >= 4 is 17.4 Å². The van der Waals surface area contributed by atoms with Crippen molar-refractivity contribution < 1.29 is 0 Å². The Bertz CT molecular complexity index is 389. The van der Waals surface area contributed by atoms with Crippen LogP contribution in [0.5, 0.6) is 0 Å². The Morgan fingerprint density at radius 3 is 3.14 bits per heavy atom. The normalized spacial score (nSPS) is 20.6. The summed E-state index contributed by atoms with van der Waals surface area (Å²) in [4.78, 5) is 5.58. The van der Waals surface area contributed by atoms with Crippen molar-refractivity contribution in [2.45, 2.75) is 25.8 Å². The molecule has 0 N–H and O–H groups in total. The number of thiophene rings is 1. The first-order chi connectivity index (χ1) is 6.84. The van der Waals surface area contributed by atoms with Gasteiger partial charge in [-0.1, -0.05) is 6.08 Å². The Balaban J connectivity index is 2.09. The Labute approximate surface area is 89.0 Å². The van der Waals surface area contributed by atoms with Crippen molar-refractivity contribution in [2.24, 2.45) is 0 Å². The number of allylic oxidation sites excluding steroid dienone is 1. The maximum absolute atomic E-state index is 2.42. The van der Waals surface area contributed by atoms with Gasteiger partial charge in [0, 0.05) is 22.8 Å². The topological polar surface area (TPSA) is 3.24 Å². The third kappa shape index (κ3) is 1.25. The Morgan fingerprint density at radius 2 is 2.21 bits per heavy atom. The van der Waals surface area contributed by atoms with Gasteiger partial charge in [-0.05, 0) is 43.5 Å².